The number of nitrogens with zero attached hydrogens (tertiary/aromatic N) is 1. The maximum atomic E-state index is 11.5. The summed E-state index contributed by atoms with van der Waals surface area (Å²) in [5, 5.41) is 8.50. The molecule has 0 saturated carbocycles. The van der Waals surface area contributed by atoms with Gasteiger partial charge in [0.2, 0.25) is 10.0 Å². The minimum atomic E-state index is -3.77. The van der Waals surface area contributed by atoms with E-state index in [1.807, 2.05) is 21.0 Å². The fraction of sp³-hybridized carbons (Fsp3) is 0.538. The van der Waals surface area contributed by atoms with E-state index in [9.17, 15) is 8.42 Å². The molecule has 0 spiro atoms. The van der Waals surface area contributed by atoms with E-state index in [4.69, 9.17) is 10.9 Å². The first-order valence-corrected chi connectivity index (χ1v) is 8.00. The molecule has 1 aromatic rings. The molecular weight excluding hydrogens is 276 g/mol. The van der Waals surface area contributed by atoms with Crippen molar-refractivity contribution in [3.05, 3.63) is 17.7 Å². The van der Waals surface area contributed by atoms with Gasteiger partial charge in [0.15, 0.2) is 0 Å². The van der Waals surface area contributed by atoms with Gasteiger partial charge in [-0.25, -0.2) is 13.6 Å². The Morgan fingerprint density at radius 1 is 1.35 bits per heavy atom. The third-order valence-corrected chi connectivity index (χ3v) is 4.14. The fourth-order valence-corrected chi connectivity index (χ4v) is 2.78. The number of rotatable bonds is 6. The number of nitrogen functional groups attached to an aromatic ring is 1. The molecule has 1 atom stereocenters. The van der Waals surface area contributed by atoms with Gasteiger partial charge in [0.25, 0.3) is 0 Å². The number of nitrogens with one attached hydrogen (secondary N) is 1. The lowest BCUT2D eigenvalue weighted by Gasteiger charge is -2.20. The van der Waals surface area contributed by atoms with E-state index >= 15 is 0 Å². The second-order valence-electron chi connectivity index (χ2n) is 5.37. The average molecular weight is 300 g/mol. The second kappa shape index (κ2) is 6.43. The molecule has 1 rings (SSSR count). The summed E-state index contributed by atoms with van der Waals surface area (Å²) in [7, 11) is 0.255. The van der Waals surface area contributed by atoms with Gasteiger partial charge in [-0.15, -0.1) is 0 Å². The minimum Gasteiger partial charge on any atom is -0.399 e. The summed E-state index contributed by atoms with van der Waals surface area (Å²) in [5.74, 6) is 0. The van der Waals surface area contributed by atoms with Crippen molar-refractivity contribution in [1.82, 2.24) is 4.90 Å². The van der Waals surface area contributed by atoms with Crippen LogP contribution in [0.15, 0.2) is 17.0 Å². The summed E-state index contributed by atoms with van der Waals surface area (Å²) in [6, 6.07) is 3.32. The number of hydrogen-bond donors (Lipinski definition) is 3. The largest absolute Gasteiger partial charge is 0.399 e. The van der Waals surface area contributed by atoms with Crippen LogP contribution in [0.3, 0.4) is 0 Å². The molecule has 0 heterocycles. The van der Waals surface area contributed by atoms with Crippen LogP contribution in [-0.4, -0.2) is 40.0 Å². The number of nitrogens with two attached hydrogens (primary N) is 2. The monoisotopic (exact) mass is 300 g/mol. The molecule has 6 nitrogen and oxygen atoms in total. The van der Waals surface area contributed by atoms with Crippen molar-refractivity contribution in [3.8, 4) is 0 Å². The molecule has 20 heavy (non-hydrogen) atoms. The van der Waals surface area contributed by atoms with Crippen molar-refractivity contribution in [2.45, 2.75) is 31.2 Å². The topological polar surface area (TPSA) is 101 Å². The van der Waals surface area contributed by atoms with Gasteiger partial charge in [-0.1, -0.05) is 0 Å². The Balaban J connectivity index is 2.99. The van der Waals surface area contributed by atoms with Gasteiger partial charge in [0, 0.05) is 17.4 Å². The molecule has 0 aliphatic carbocycles. The van der Waals surface area contributed by atoms with Crippen molar-refractivity contribution in [2.75, 3.05) is 31.7 Å². The highest BCUT2D eigenvalue weighted by Gasteiger charge is 2.16. The molecule has 0 radical (unpaired) electrons. The summed E-state index contributed by atoms with van der Waals surface area (Å²) < 4.78 is 23.1. The standard InChI is InChI=1S/C13H24N4O2S/c1-9(5-6-17(3)4)16-12-7-11(14)8-13(10(12)2)20(15,18)19/h7-9,16H,5-6,14H2,1-4H3,(H2,15,18,19). The van der Waals surface area contributed by atoms with Crippen molar-refractivity contribution >= 4 is 21.4 Å². The zero-order valence-corrected chi connectivity index (χ0v) is 13.3. The first-order valence-electron chi connectivity index (χ1n) is 6.45. The predicted molar refractivity (Wildman–Crippen MR) is 83.2 cm³/mol. The van der Waals surface area contributed by atoms with Crippen LogP contribution in [0.4, 0.5) is 11.4 Å². The predicted octanol–water partition coefficient (Wildman–Crippen LogP) is 0.977. The Hall–Kier alpha value is -1.31. The molecule has 0 fully saturated rings. The van der Waals surface area contributed by atoms with Crippen molar-refractivity contribution in [1.29, 1.82) is 0 Å². The lowest BCUT2D eigenvalue weighted by Crippen LogP contribution is -2.24. The summed E-state index contributed by atoms with van der Waals surface area (Å²) in [6.45, 7) is 4.71. The smallest absolute Gasteiger partial charge is 0.238 e. The van der Waals surface area contributed by atoms with Crippen molar-refractivity contribution in [2.24, 2.45) is 5.14 Å². The zero-order chi connectivity index (χ0) is 15.5. The molecule has 0 bridgehead atoms. The highest BCUT2D eigenvalue weighted by molar-refractivity contribution is 7.89. The number of hydrogen-bond acceptors (Lipinski definition) is 5. The van der Waals surface area contributed by atoms with Crippen LogP contribution in [0.1, 0.15) is 18.9 Å². The Morgan fingerprint density at radius 2 is 1.95 bits per heavy atom. The van der Waals surface area contributed by atoms with Gasteiger partial charge < -0.3 is 16.0 Å². The molecule has 1 unspecified atom stereocenters. The van der Waals surface area contributed by atoms with E-state index < -0.39 is 10.0 Å². The second-order valence-corrected chi connectivity index (χ2v) is 6.90. The van der Waals surface area contributed by atoms with E-state index in [-0.39, 0.29) is 10.9 Å². The molecule has 1 aromatic carbocycles. The van der Waals surface area contributed by atoms with E-state index in [1.54, 1.807) is 13.0 Å². The third-order valence-electron chi connectivity index (χ3n) is 3.10. The first-order chi connectivity index (χ1) is 9.11. The van der Waals surface area contributed by atoms with Crippen LogP contribution in [0, 0.1) is 6.92 Å². The van der Waals surface area contributed by atoms with E-state index in [1.165, 1.54) is 6.07 Å². The lowest BCUT2D eigenvalue weighted by atomic mass is 10.1. The van der Waals surface area contributed by atoms with Crippen LogP contribution in [0.2, 0.25) is 0 Å². The van der Waals surface area contributed by atoms with Crippen LogP contribution >= 0.6 is 0 Å². The highest BCUT2D eigenvalue weighted by atomic mass is 32.2. The summed E-state index contributed by atoms with van der Waals surface area (Å²) in [5.41, 5.74) is 7.44. The van der Waals surface area contributed by atoms with Gasteiger partial charge in [-0.05, 0) is 58.6 Å². The van der Waals surface area contributed by atoms with E-state index in [0.717, 1.165) is 13.0 Å². The minimum absolute atomic E-state index is 0.0693. The van der Waals surface area contributed by atoms with Crippen LogP contribution in [-0.2, 0) is 10.0 Å². The summed E-state index contributed by atoms with van der Waals surface area (Å²) >= 11 is 0. The number of primary sulfonamides is 1. The van der Waals surface area contributed by atoms with Gasteiger partial charge in [0.05, 0.1) is 4.90 Å². The molecule has 0 aliphatic heterocycles. The third kappa shape index (κ3) is 4.66. The molecule has 114 valence electrons. The average Bonchev–Trinajstić information content (AvgIpc) is 2.29. The Morgan fingerprint density at radius 3 is 2.45 bits per heavy atom. The molecule has 7 heteroatoms. The molecule has 0 aromatic heterocycles. The van der Waals surface area contributed by atoms with Crippen molar-refractivity contribution < 1.29 is 8.42 Å². The molecule has 5 N–H and O–H groups in total. The Bertz CT molecular complexity index is 570. The summed E-state index contributed by atoms with van der Waals surface area (Å²) in [6.07, 6.45) is 0.936. The number of sulfonamides is 1. The molecule has 0 amide bonds. The SMILES string of the molecule is Cc1c(NC(C)CCN(C)C)cc(N)cc1S(N)(=O)=O. The number of benzene rings is 1. The maximum absolute atomic E-state index is 11.5. The van der Waals surface area contributed by atoms with Crippen LogP contribution in [0.5, 0.6) is 0 Å². The van der Waals surface area contributed by atoms with Gasteiger partial charge in [0.1, 0.15) is 0 Å². The molecule has 0 saturated heterocycles. The van der Waals surface area contributed by atoms with Crippen LogP contribution in [0.25, 0.3) is 0 Å². The fourth-order valence-electron chi connectivity index (χ4n) is 1.94. The van der Waals surface area contributed by atoms with E-state index in [2.05, 4.69) is 10.2 Å². The molecule has 0 aliphatic rings. The number of anilines is 2. The Labute approximate surface area is 121 Å². The summed E-state index contributed by atoms with van der Waals surface area (Å²) in [4.78, 5) is 2.17. The van der Waals surface area contributed by atoms with Gasteiger partial charge >= 0.3 is 0 Å². The highest BCUT2D eigenvalue weighted by Crippen LogP contribution is 2.26. The lowest BCUT2D eigenvalue weighted by molar-refractivity contribution is 0.390. The quantitative estimate of drug-likeness (QED) is 0.680. The van der Waals surface area contributed by atoms with E-state index in [0.29, 0.717) is 16.9 Å². The van der Waals surface area contributed by atoms with Crippen molar-refractivity contribution in [3.63, 3.8) is 0 Å². The normalized spacial score (nSPS) is 13.5. The first kappa shape index (κ1) is 16.7. The Kier molecular flexibility index (Phi) is 5.38. The van der Waals surface area contributed by atoms with Crippen LogP contribution < -0.4 is 16.2 Å². The zero-order valence-electron chi connectivity index (χ0n) is 12.5. The maximum Gasteiger partial charge on any atom is 0.238 e. The van der Waals surface area contributed by atoms with Gasteiger partial charge in [-0.2, -0.15) is 0 Å². The molecular formula is C13H24N4O2S. The van der Waals surface area contributed by atoms with Gasteiger partial charge in [-0.3, -0.25) is 0 Å².